The molecule has 5 nitrogen and oxygen atoms in total. The molecular formula is C18H14FN3O2. The number of aromatic nitrogens is 1. The standard InChI is InChI=1S/C18H14FN3O2/c19-14-8-2-1-7-13(14)18(24)21-11-16(23)22-15-9-3-5-12-6-4-10-20-17(12)15/h1-10H,11H2,(H,21,24)(H,22,23). The Morgan fingerprint density at radius 1 is 1.00 bits per heavy atom. The van der Waals surface area contributed by atoms with Gasteiger partial charge in [-0.05, 0) is 24.3 Å². The van der Waals surface area contributed by atoms with E-state index in [0.717, 1.165) is 5.39 Å². The number of hydrogen-bond acceptors (Lipinski definition) is 3. The van der Waals surface area contributed by atoms with Gasteiger partial charge in [-0.3, -0.25) is 14.6 Å². The number of hydrogen-bond donors (Lipinski definition) is 2. The number of amides is 2. The van der Waals surface area contributed by atoms with E-state index in [9.17, 15) is 14.0 Å². The molecule has 120 valence electrons. The fourth-order valence-electron chi connectivity index (χ4n) is 2.30. The highest BCUT2D eigenvalue weighted by Crippen LogP contribution is 2.20. The zero-order valence-electron chi connectivity index (χ0n) is 12.6. The summed E-state index contributed by atoms with van der Waals surface area (Å²) >= 11 is 0. The molecule has 3 rings (SSSR count). The summed E-state index contributed by atoms with van der Waals surface area (Å²) in [7, 11) is 0. The Morgan fingerprint density at radius 3 is 2.62 bits per heavy atom. The van der Waals surface area contributed by atoms with Gasteiger partial charge in [0, 0.05) is 11.6 Å². The first kappa shape index (κ1) is 15.6. The van der Waals surface area contributed by atoms with E-state index in [4.69, 9.17) is 0 Å². The van der Waals surface area contributed by atoms with Crippen molar-refractivity contribution in [3.63, 3.8) is 0 Å². The monoisotopic (exact) mass is 323 g/mol. The number of pyridine rings is 1. The Balaban J connectivity index is 1.66. The molecule has 2 N–H and O–H groups in total. The van der Waals surface area contributed by atoms with Crippen LogP contribution in [0.15, 0.2) is 60.8 Å². The lowest BCUT2D eigenvalue weighted by Crippen LogP contribution is -2.33. The molecule has 6 heteroatoms. The number of para-hydroxylation sites is 1. The fraction of sp³-hybridized carbons (Fsp3) is 0.0556. The maximum absolute atomic E-state index is 13.5. The predicted molar refractivity (Wildman–Crippen MR) is 89.1 cm³/mol. The first-order valence-electron chi connectivity index (χ1n) is 7.31. The largest absolute Gasteiger partial charge is 0.343 e. The van der Waals surface area contributed by atoms with Crippen LogP contribution in [0, 0.1) is 5.82 Å². The molecule has 2 amide bonds. The molecule has 0 saturated carbocycles. The lowest BCUT2D eigenvalue weighted by Gasteiger charge is -2.09. The molecule has 0 radical (unpaired) electrons. The summed E-state index contributed by atoms with van der Waals surface area (Å²) in [4.78, 5) is 28.2. The molecule has 0 saturated heterocycles. The van der Waals surface area contributed by atoms with Crippen LogP contribution in [-0.4, -0.2) is 23.3 Å². The molecule has 24 heavy (non-hydrogen) atoms. The molecule has 0 aliphatic carbocycles. The third-order valence-corrected chi connectivity index (χ3v) is 3.43. The van der Waals surface area contributed by atoms with Gasteiger partial charge in [0.2, 0.25) is 5.91 Å². The lowest BCUT2D eigenvalue weighted by atomic mass is 10.2. The van der Waals surface area contributed by atoms with Gasteiger partial charge in [0.25, 0.3) is 5.91 Å². The number of nitrogens with zero attached hydrogens (tertiary/aromatic N) is 1. The molecule has 0 unspecified atom stereocenters. The third-order valence-electron chi connectivity index (χ3n) is 3.43. The number of carbonyl (C=O) groups excluding carboxylic acids is 2. The van der Waals surface area contributed by atoms with Crippen LogP contribution in [0.1, 0.15) is 10.4 Å². The molecule has 1 aromatic heterocycles. The topological polar surface area (TPSA) is 71.1 Å². The summed E-state index contributed by atoms with van der Waals surface area (Å²) in [5.41, 5.74) is 1.11. The molecule has 1 heterocycles. The Bertz CT molecular complexity index is 906. The van der Waals surface area contributed by atoms with Crippen molar-refractivity contribution in [3.05, 3.63) is 72.2 Å². The quantitative estimate of drug-likeness (QED) is 0.775. The van der Waals surface area contributed by atoms with Crippen LogP contribution >= 0.6 is 0 Å². The highest BCUT2D eigenvalue weighted by atomic mass is 19.1. The van der Waals surface area contributed by atoms with Gasteiger partial charge in [-0.2, -0.15) is 0 Å². The minimum atomic E-state index is -0.640. The van der Waals surface area contributed by atoms with Crippen molar-refractivity contribution in [2.75, 3.05) is 11.9 Å². The number of benzene rings is 2. The van der Waals surface area contributed by atoms with Crippen LogP contribution < -0.4 is 10.6 Å². The molecule has 0 atom stereocenters. The van der Waals surface area contributed by atoms with E-state index >= 15 is 0 Å². The first-order valence-corrected chi connectivity index (χ1v) is 7.31. The Labute approximate surface area is 137 Å². The average Bonchev–Trinajstić information content (AvgIpc) is 2.60. The van der Waals surface area contributed by atoms with Crippen LogP contribution in [0.3, 0.4) is 0 Å². The van der Waals surface area contributed by atoms with E-state index in [0.29, 0.717) is 11.2 Å². The van der Waals surface area contributed by atoms with Gasteiger partial charge in [0.05, 0.1) is 23.3 Å². The molecule has 0 bridgehead atoms. The van der Waals surface area contributed by atoms with E-state index < -0.39 is 17.6 Å². The minimum absolute atomic E-state index is 0.0999. The molecule has 0 aliphatic rings. The molecule has 0 spiro atoms. The highest BCUT2D eigenvalue weighted by molar-refractivity contribution is 6.03. The number of anilines is 1. The summed E-state index contributed by atoms with van der Waals surface area (Å²) in [5.74, 6) is -1.69. The van der Waals surface area contributed by atoms with Crippen molar-refractivity contribution in [1.82, 2.24) is 10.3 Å². The van der Waals surface area contributed by atoms with E-state index in [1.54, 1.807) is 24.4 Å². The summed E-state index contributed by atoms with van der Waals surface area (Å²) in [5, 5.41) is 5.99. The van der Waals surface area contributed by atoms with Crippen LogP contribution in [-0.2, 0) is 4.79 Å². The Hall–Kier alpha value is -3.28. The van der Waals surface area contributed by atoms with Gasteiger partial charge in [-0.15, -0.1) is 0 Å². The minimum Gasteiger partial charge on any atom is -0.343 e. The van der Waals surface area contributed by atoms with E-state index in [1.165, 1.54) is 18.2 Å². The zero-order chi connectivity index (χ0) is 16.9. The van der Waals surface area contributed by atoms with Gasteiger partial charge >= 0.3 is 0 Å². The van der Waals surface area contributed by atoms with Gasteiger partial charge in [0.1, 0.15) is 5.82 Å². The summed E-state index contributed by atoms with van der Waals surface area (Å²) < 4.78 is 13.5. The summed E-state index contributed by atoms with van der Waals surface area (Å²) in [6, 6.07) is 14.7. The Kier molecular flexibility index (Phi) is 4.47. The van der Waals surface area contributed by atoms with Crippen molar-refractivity contribution in [3.8, 4) is 0 Å². The normalized spacial score (nSPS) is 10.4. The van der Waals surface area contributed by atoms with Gasteiger partial charge < -0.3 is 10.6 Å². The van der Waals surface area contributed by atoms with E-state index in [1.807, 2.05) is 18.2 Å². The molecule has 2 aromatic carbocycles. The van der Waals surface area contributed by atoms with Crippen LogP contribution in [0.25, 0.3) is 10.9 Å². The predicted octanol–water partition coefficient (Wildman–Crippen LogP) is 2.74. The van der Waals surface area contributed by atoms with Crippen molar-refractivity contribution in [1.29, 1.82) is 0 Å². The molecule has 3 aromatic rings. The number of fused-ring (bicyclic) bond motifs is 1. The summed E-state index contributed by atoms with van der Waals surface area (Å²) in [6.45, 7) is -0.267. The van der Waals surface area contributed by atoms with Crippen molar-refractivity contribution in [2.24, 2.45) is 0 Å². The first-order chi connectivity index (χ1) is 11.6. The maximum atomic E-state index is 13.5. The molecule has 0 aliphatic heterocycles. The van der Waals surface area contributed by atoms with Gasteiger partial charge in [-0.25, -0.2) is 4.39 Å². The smallest absolute Gasteiger partial charge is 0.254 e. The zero-order valence-corrected chi connectivity index (χ0v) is 12.6. The number of nitrogens with one attached hydrogen (secondary N) is 2. The second-order valence-electron chi connectivity index (χ2n) is 5.09. The Morgan fingerprint density at radius 2 is 1.79 bits per heavy atom. The SMILES string of the molecule is O=C(CNC(=O)c1ccccc1F)Nc1cccc2cccnc12. The second kappa shape index (κ2) is 6.87. The summed E-state index contributed by atoms with van der Waals surface area (Å²) in [6.07, 6.45) is 1.64. The van der Waals surface area contributed by atoms with Gasteiger partial charge in [-0.1, -0.05) is 30.3 Å². The lowest BCUT2D eigenvalue weighted by molar-refractivity contribution is -0.115. The van der Waals surface area contributed by atoms with Crippen LogP contribution in [0.4, 0.5) is 10.1 Å². The number of rotatable bonds is 4. The number of halogens is 1. The molecular weight excluding hydrogens is 309 g/mol. The van der Waals surface area contributed by atoms with Crippen LogP contribution in [0.5, 0.6) is 0 Å². The highest BCUT2D eigenvalue weighted by Gasteiger charge is 2.12. The van der Waals surface area contributed by atoms with E-state index in [-0.39, 0.29) is 12.1 Å². The van der Waals surface area contributed by atoms with Crippen LogP contribution in [0.2, 0.25) is 0 Å². The average molecular weight is 323 g/mol. The van der Waals surface area contributed by atoms with Gasteiger partial charge in [0.15, 0.2) is 0 Å². The third kappa shape index (κ3) is 3.38. The van der Waals surface area contributed by atoms with Crippen molar-refractivity contribution < 1.29 is 14.0 Å². The maximum Gasteiger partial charge on any atom is 0.254 e. The second-order valence-corrected chi connectivity index (χ2v) is 5.09. The fourth-order valence-corrected chi connectivity index (χ4v) is 2.30. The van der Waals surface area contributed by atoms with E-state index in [2.05, 4.69) is 15.6 Å². The van der Waals surface area contributed by atoms with Crippen molar-refractivity contribution >= 4 is 28.4 Å². The molecule has 0 fully saturated rings. The number of carbonyl (C=O) groups is 2. The van der Waals surface area contributed by atoms with Crippen molar-refractivity contribution in [2.45, 2.75) is 0 Å².